The van der Waals surface area contributed by atoms with E-state index in [2.05, 4.69) is 21.2 Å². The van der Waals surface area contributed by atoms with Crippen LogP contribution in [0.15, 0.2) is 30.3 Å². The first kappa shape index (κ1) is 19.0. The number of alkyl halides is 1. The van der Waals surface area contributed by atoms with E-state index in [9.17, 15) is 9.59 Å². The zero-order chi connectivity index (χ0) is 19.2. The van der Waals surface area contributed by atoms with Crippen molar-refractivity contribution < 1.29 is 14.3 Å². The van der Waals surface area contributed by atoms with E-state index in [1.54, 1.807) is 6.92 Å². The average Bonchev–Trinajstić information content (AvgIpc) is 2.60. The number of amides is 1. The highest BCUT2D eigenvalue weighted by Crippen LogP contribution is 2.64. The van der Waals surface area contributed by atoms with Gasteiger partial charge in [0.25, 0.3) is 5.91 Å². The molecule has 1 aromatic rings. The van der Waals surface area contributed by atoms with Crippen LogP contribution in [-0.2, 0) is 14.3 Å². The highest BCUT2D eigenvalue weighted by atomic mass is 79.9. The maximum atomic E-state index is 13.1. The Morgan fingerprint density at radius 2 is 1.74 bits per heavy atom. The Morgan fingerprint density at radius 1 is 1.11 bits per heavy atom. The first-order valence-corrected chi connectivity index (χ1v) is 10.8. The third kappa shape index (κ3) is 3.67. The molecule has 4 bridgehead atoms. The highest BCUT2D eigenvalue weighted by molar-refractivity contribution is 9.10. The number of hydrogen-bond acceptors (Lipinski definition) is 3. The molecule has 0 spiro atoms. The summed E-state index contributed by atoms with van der Waals surface area (Å²) in [5.41, 5.74) is 0.638. The summed E-state index contributed by atoms with van der Waals surface area (Å²) in [6.07, 6.45) is 5.50. The van der Waals surface area contributed by atoms with E-state index in [-0.39, 0.29) is 22.2 Å². The monoisotopic (exact) mass is 433 g/mol. The van der Waals surface area contributed by atoms with E-state index in [1.165, 1.54) is 19.3 Å². The van der Waals surface area contributed by atoms with Crippen LogP contribution in [0.2, 0.25) is 0 Å². The van der Waals surface area contributed by atoms with Gasteiger partial charge in [0.2, 0.25) is 0 Å². The first-order valence-electron chi connectivity index (χ1n) is 10.0. The molecule has 1 N–H and O–H groups in total. The lowest BCUT2D eigenvalue weighted by molar-refractivity contribution is -0.176. The molecule has 1 aromatic carbocycles. The topological polar surface area (TPSA) is 55.4 Å². The molecule has 4 saturated carbocycles. The van der Waals surface area contributed by atoms with Crippen molar-refractivity contribution in [1.29, 1.82) is 0 Å². The van der Waals surface area contributed by atoms with Gasteiger partial charge in [-0.2, -0.15) is 0 Å². The number of hydrogen-bond donors (Lipinski definition) is 1. The van der Waals surface area contributed by atoms with Crippen LogP contribution in [0.5, 0.6) is 0 Å². The Kier molecular flexibility index (Phi) is 4.86. The standard InChI is InChI=1S/C22H28BrNO3/c1-14(18-6-4-3-5-7-18)24-19(25)15(2)27-20(26)21-9-16-8-17(10-21)12-22(23,11-16)13-21/h3-7,14-17H,8-13H2,1-2H3,(H,24,25). The van der Waals surface area contributed by atoms with Crippen molar-refractivity contribution in [3.05, 3.63) is 35.9 Å². The summed E-state index contributed by atoms with van der Waals surface area (Å²) in [6.45, 7) is 3.62. The smallest absolute Gasteiger partial charge is 0.312 e. The van der Waals surface area contributed by atoms with Crippen LogP contribution >= 0.6 is 15.9 Å². The molecule has 1 amide bonds. The Bertz CT molecular complexity index is 720. The number of rotatable bonds is 5. The van der Waals surface area contributed by atoms with Crippen LogP contribution in [0.25, 0.3) is 0 Å². The molecule has 4 nitrogen and oxygen atoms in total. The molecule has 0 saturated heterocycles. The number of carbonyl (C=O) groups excluding carboxylic acids is 2. The molecule has 4 aliphatic carbocycles. The van der Waals surface area contributed by atoms with E-state index in [0.29, 0.717) is 11.8 Å². The molecule has 5 heteroatoms. The van der Waals surface area contributed by atoms with Crippen molar-refractivity contribution in [1.82, 2.24) is 5.32 Å². The van der Waals surface area contributed by atoms with Crippen molar-refractivity contribution in [3.8, 4) is 0 Å². The highest BCUT2D eigenvalue weighted by Gasteiger charge is 2.60. The predicted molar refractivity (Wildman–Crippen MR) is 107 cm³/mol. The Morgan fingerprint density at radius 3 is 2.33 bits per heavy atom. The fourth-order valence-electron chi connectivity index (χ4n) is 5.88. The van der Waals surface area contributed by atoms with Crippen LogP contribution in [0.1, 0.15) is 64.0 Å². The summed E-state index contributed by atoms with van der Waals surface area (Å²) in [5.74, 6) is 0.814. The minimum atomic E-state index is -0.775. The van der Waals surface area contributed by atoms with E-state index >= 15 is 0 Å². The second-order valence-corrected chi connectivity index (χ2v) is 10.8. The molecular formula is C22H28BrNO3. The lowest BCUT2D eigenvalue weighted by Crippen LogP contribution is -2.56. The van der Waals surface area contributed by atoms with Gasteiger partial charge in [0.1, 0.15) is 0 Å². The van der Waals surface area contributed by atoms with E-state index in [0.717, 1.165) is 24.8 Å². The van der Waals surface area contributed by atoms with E-state index < -0.39 is 11.5 Å². The molecule has 27 heavy (non-hydrogen) atoms. The summed E-state index contributed by atoms with van der Waals surface area (Å²) >= 11 is 3.93. The van der Waals surface area contributed by atoms with E-state index in [4.69, 9.17) is 4.74 Å². The van der Waals surface area contributed by atoms with Gasteiger partial charge in [-0.1, -0.05) is 46.3 Å². The summed E-state index contributed by atoms with van der Waals surface area (Å²) in [4.78, 5) is 25.6. The van der Waals surface area contributed by atoms with Gasteiger partial charge in [-0.05, 0) is 69.8 Å². The predicted octanol–water partition coefficient (Wildman–Crippen LogP) is 4.53. The van der Waals surface area contributed by atoms with Crippen molar-refractivity contribution >= 4 is 27.8 Å². The van der Waals surface area contributed by atoms with Gasteiger partial charge in [-0.3, -0.25) is 9.59 Å². The third-order valence-corrected chi connectivity index (χ3v) is 7.66. The molecule has 4 atom stereocenters. The maximum Gasteiger partial charge on any atom is 0.312 e. The van der Waals surface area contributed by atoms with Crippen LogP contribution in [0.4, 0.5) is 0 Å². The second-order valence-electron chi connectivity index (χ2n) is 9.08. The molecule has 0 heterocycles. The fraction of sp³-hybridized carbons (Fsp3) is 0.636. The Balaban J connectivity index is 1.38. The normalized spacial score (nSPS) is 36.1. The first-order chi connectivity index (χ1) is 12.8. The number of carbonyl (C=O) groups is 2. The molecule has 0 radical (unpaired) electrons. The molecular weight excluding hydrogens is 406 g/mol. The minimum absolute atomic E-state index is 0.101. The van der Waals surface area contributed by atoms with Gasteiger partial charge in [-0.15, -0.1) is 0 Å². The van der Waals surface area contributed by atoms with Gasteiger partial charge in [0.15, 0.2) is 6.10 Å². The fourth-order valence-corrected chi connectivity index (χ4v) is 7.34. The number of ether oxygens (including phenoxy) is 1. The Hall–Kier alpha value is -1.36. The Labute approximate surface area is 169 Å². The van der Waals surface area contributed by atoms with Gasteiger partial charge in [0, 0.05) is 4.32 Å². The molecule has 4 fully saturated rings. The largest absolute Gasteiger partial charge is 0.452 e. The van der Waals surface area contributed by atoms with Crippen molar-refractivity contribution in [3.63, 3.8) is 0 Å². The summed E-state index contributed by atoms with van der Waals surface area (Å²) in [7, 11) is 0. The number of esters is 1. The van der Waals surface area contributed by atoms with Crippen molar-refractivity contribution in [2.24, 2.45) is 17.3 Å². The maximum absolute atomic E-state index is 13.1. The average molecular weight is 434 g/mol. The number of halogens is 1. The molecule has 0 aliphatic heterocycles. The quantitative estimate of drug-likeness (QED) is 0.547. The zero-order valence-electron chi connectivity index (χ0n) is 16.0. The van der Waals surface area contributed by atoms with Crippen molar-refractivity contribution in [2.45, 2.75) is 68.8 Å². The van der Waals surface area contributed by atoms with Crippen LogP contribution in [0.3, 0.4) is 0 Å². The van der Waals surface area contributed by atoms with Gasteiger partial charge in [-0.25, -0.2) is 0 Å². The van der Waals surface area contributed by atoms with Gasteiger partial charge in [0.05, 0.1) is 11.5 Å². The molecule has 4 unspecified atom stereocenters. The van der Waals surface area contributed by atoms with E-state index in [1.807, 2.05) is 37.3 Å². The van der Waals surface area contributed by atoms with Crippen LogP contribution < -0.4 is 5.32 Å². The molecule has 5 rings (SSSR count). The zero-order valence-corrected chi connectivity index (χ0v) is 17.6. The summed E-state index contributed by atoms with van der Waals surface area (Å²) < 4.78 is 5.81. The summed E-state index contributed by atoms with van der Waals surface area (Å²) in [5, 5.41) is 2.96. The molecule has 146 valence electrons. The minimum Gasteiger partial charge on any atom is -0.452 e. The number of nitrogens with one attached hydrogen (secondary N) is 1. The summed E-state index contributed by atoms with van der Waals surface area (Å²) in [6, 6.07) is 9.68. The van der Waals surface area contributed by atoms with Crippen molar-refractivity contribution in [2.75, 3.05) is 0 Å². The second kappa shape index (κ2) is 6.91. The lowest BCUT2D eigenvalue weighted by Gasteiger charge is -2.58. The van der Waals surface area contributed by atoms with Gasteiger partial charge < -0.3 is 10.1 Å². The lowest BCUT2D eigenvalue weighted by atomic mass is 9.49. The SMILES string of the molecule is CC(OC(=O)C12CC3CC(CC(Br)(C3)C1)C2)C(=O)NC(C)c1ccccc1. The van der Waals surface area contributed by atoms with Gasteiger partial charge >= 0.3 is 5.97 Å². The molecule has 0 aromatic heterocycles. The van der Waals surface area contributed by atoms with Crippen LogP contribution in [0, 0.1) is 17.3 Å². The number of benzene rings is 1. The molecule has 4 aliphatic rings. The third-order valence-electron chi connectivity index (χ3n) is 6.73. The van der Waals surface area contributed by atoms with Crippen LogP contribution in [-0.4, -0.2) is 22.3 Å².